The van der Waals surface area contributed by atoms with E-state index in [0.29, 0.717) is 18.1 Å². The number of benzene rings is 1. The first-order valence-corrected chi connectivity index (χ1v) is 11.7. The van der Waals surface area contributed by atoms with Crippen LogP contribution < -0.4 is 5.69 Å². The van der Waals surface area contributed by atoms with Gasteiger partial charge >= 0.3 is 5.69 Å². The van der Waals surface area contributed by atoms with Crippen LogP contribution in [0, 0.1) is 6.92 Å². The molecule has 0 unspecified atom stereocenters. The van der Waals surface area contributed by atoms with Gasteiger partial charge in [-0.2, -0.15) is 0 Å². The maximum atomic E-state index is 13.2. The van der Waals surface area contributed by atoms with E-state index < -0.39 is 0 Å². The molecule has 0 saturated carbocycles. The van der Waals surface area contributed by atoms with Gasteiger partial charge in [0.05, 0.1) is 6.54 Å². The summed E-state index contributed by atoms with van der Waals surface area (Å²) < 4.78 is 3.90. The summed E-state index contributed by atoms with van der Waals surface area (Å²) in [6.45, 7) is 7.73. The first-order chi connectivity index (χ1) is 16.1. The van der Waals surface area contributed by atoms with Crippen LogP contribution in [0.2, 0.25) is 0 Å². The molecule has 3 heterocycles. The highest BCUT2D eigenvalue weighted by molar-refractivity contribution is 5.77. The Morgan fingerprint density at radius 3 is 2.52 bits per heavy atom. The maximum Gasteiger partial charge on any atom is 0.328 e. The standard InChI is InChI=1S/C25H31N7O/c1-4-6-7-10-22-18(3)31(16-5-2)25(33)32(22)17-19-11-13-20(14-12-19)21-9-8-15-26-23(21)24-27-29-30-28-24/h8-9,11-15H,4-7,10,16-17H2,1-3H3,(H,27,28,29,30). The van der Waals surface area contributed by atoms with E-state index in [1.165, 1.54) is 18.5 Å². The quantitative estimate of drug-likeness (QED) is 0.365. The molecule has 0 aliphatic rings. The molecule has 0 aliphatic carbocycles. The molecular weight excluding hydrogens is 414 g/mol. The van der Waals surface area contributed by atoms with Crippen molar-refractivity contribution in [1.82, 2.24) is 34.7 Å². The minimum Gasteiger partial charge on any atom is -0.296 e. The Morgan fingerprint density at radius 1 is 1.00 bits per heavy atom. The van der Waals surface area contributed by atoms with Crippen molar-refractivity contribution in [2.75, 3.05) is 0 Å². The molecule has 0 amide bonds. The van der Waals surface area contributed by atoms with Crippen LogP contribution in [0.3, 0.4) is 0 Å². The Hall–Kier alpha value is -3.55. The van der Waals surface area contributed by atoms with Crippen molar-refractivity contribution >= 4 is 0 Å². The van der Waals surface area contributed by atoms with E-state index >= 15 is 0 Å². The zero-order chi connectivity index (χ0) is 23.2. The second-order valence-electron chi connectivity index (χ2n) is 8.36. The van der Waals surface area contributed by atoms with Crippen molar-refractivity contribution in [3.63, 3.8) is 0 Å². The summed E-state index contributed by atoms with van der Waals surface area (Å²) in [5.74, 6) is 0.533. The summed E-state index contributed by atoms with van der Waals surface area (Å²) in [6.07, 6.45) is 7.06. The minimum absolute atomic E-state index is 0.0947. The number of H-pyrrole nitrogens is 1. The van der Waals surface area contributed by atoms with Gasteiger partial charge < -0.3 is 0 Å². The van der Waals surface area contributed by atoms with Crippen LogP contribution in [0.15, 0.2) is 47.4 Å². The fourth-order valence-electron chi connectivity index (χ4n) is 4.32. The highest BCUT2D eigenvalue weighted by Crippen LogP contribution is 2.28. The van der Waals surface area contributed by atoms with Gasteiger partial charge in [-0.05, 0) is 53.8 Å². The predicted molar refractivity (Wildman–Crippen MR) is 129 cm³/mol. The molecule has 0 bridgehead atoms. The van der Waals surface area contributed by atoms with Crippen molar-refractivity contribution in [2.45, 2.75) is 66.0 Å². The Balaban J connectivity index is 1.63. The van der Waals surface area contributed by atoms with Gasteiger partial charge in [0.25, 0.3) is 0 Å². The number of rotatable bonds is 10. The molecule has 0 aliphatic heterocycles. The van der Waals surface area contributed by atoms with E-state index in [1.807, 2.05) is 21.3 Å². The van der Waals surface area contributed by atoms with Gasteiger partial charge in [0.15, 0.2) is 5.82 Å². The molecule has 0 radical (unpaired) electrons. The van der Waals surface area contributed by atoms with Gasteiger partial charge in [0.1, 0.15) is 5.69 Å². The third-order valence-electron chi connectivity index (χ3n) is 6.06. The molecule has 3 aromatic heterocycles. The summed E-state index contributed by atoms with van der Waals surface area (Å²) in [6, 6.07) is 12.2. The zero-order valence-corrected chi connectivity index (χ0v) is 19.6. The molecule has 8 heteroatoms. The van der Waals surface area contributed by atoms with Crippen LogP contribution in [-0.4, -0.2) is 34.7 Å². The van der Waals surface area contributed by atoms with Crippen molar-refractivity contribution in [1.29, 1.82) is 0 Å². The maximum absolute atomic E-state index is 13.2. The molecular formula is C25H31N7O. The lowest BCUT2D eigenvalue weighted by atomic mass is 10.0. The van der Waals surface area contributed by atoms with Crippen LogP contribution in [0.4, 0.5) is 0 Å². The third kappa shape index (κ3) is 4.79. The van der Waals surface area contributed by atoms with Crippen LogP contribution in [0.25, 0.3) is 22.6 Å². The molecule has 0 saturated heterocycles. The second kappa shape index (κ2) is 10.4. The second-order valence-corrected chi connectivity index (χ2v) is 8.36. The summed E-state index contributed by atoms with van der Waals surface area (Å²) in [4.78, 5) is 17.7. The first kappa shape index (κ1) is 22.6. The van der Waals surface area contributed by atoms with Crippen LogP contribution in [0.1, 0.15) is 56.5 Å². The third-order valence-corrected chi connectivity index (χ3v) is 6.06. The largest absolute Gasteiger partial charge is 0.328 e. The van der Waals surface area contributed by atoms with Crippen molar-refractivity contribution in [2.24, 2.45) is 0 Å². The van der Waals surface area contributed by atoms with E-state index in [2.05, 4.69) is 70.6 Å². The monoisotopic (exact) mass is 445 g/mol. The van der Waals surface area contributed by atoms with Gasteiger partial charge in [0, 0.05) is 29.7 Å². The molecule has 4 aromatic rings. The van der Waals surface area contributed by atoms with E-state index in [-0.39, 0.29) is 5.69 Å². The van der Waals surface area contributed by atoms with Gasteiger partial charge in [-0.25, -0.2) is 9.89 Å². The SMILES string of the molecule is CCCCCc1c(C)n(CCC)c(=O)n1Cc1ccc(-c2cccnc2-c2nnn[nH]2)cc1. The Labute approximate surface area is 193 Å². The lowest BCUT2D eigenvalue weighted by Gasteiger charge is -2.10. The molecule has 0 spiro atoms. The normalized spacial score (nSPS) is 11.2. The van der Waals surface area contributed by atoms with Crippen LogP contribution in [0.5, 0.6) is 0 Å². The van der Waals surface area contributed by atoms with Crippen molar-refractivity contribution in [3.8, 4) is 22.6 Å². The smallest absolute Gasteiger partial charge is 0.296 e. The minimum atomic E-state index is 0.0947. The number of aromatic amines is 1. The van der Waals surface area contributed by atoms with Gasteiger partial charge in [-0.15, -0.1) is 5.10 Å². The molecule has 4 rings (SSSR count). The van der Waals surface area contributed by atoms with Crippen molar-refractivity contribution in [3.05, 3.63) is 70.0 Å². The molecule has 0 fully saturated rings. The average Bonchev–Trinajstić information content (AvgIpc) is 3.45. The number of hydrogen-bond acceptors (Lipinski definition) is 5. The van der Waals surface area contributed by atoms with E-state index in [9.17, 15) is 4.79 Å². The average molecular weight is 446 g/mol. The lowest BCUT2D eigenvalue weighted by Crippen LogP contribution is -2.26. The molecule has 1 aromatic carbocycles. The topological polar surface area (TPSA) is 94.3 Å². The number of nitrogens with one attached hydrogen (secondary N) is 1. The fourth-order valence-corrected chi connectivity index (χ4v) is 4.32. The molecule has 33 heavy (non-hydrogen) atoms. The number of aromatic nitrogens is 7. The summed E-state index contributed by atoms with van der Waals surface area (Å²) in [5.41, 5.74) is 6.14. The highest BCUT2D eigenvalue weighted by atomic mass is 16.1. The number of nitrogens with zero attached hydrogens (tertiary/aromatic N) is 6. The zero-order valence-electron chi connectivity index (χ0n) is 19.6. The molecule has 172 valence electrons. The first-order valence-electron chi connectivity index (χ1n) is 11.7. The number of hydrogen-bond donors (Lipinski definition) is 1. The van der Waals surface area contributed by atoms with Crippen LogP contribution >= 0.6 is 0 Å². The number of unbranched alkanes of at least 4 members (excludes halogenated alkanes) is 2. The fraction of sp³-hybridized carbons (Fsp3) is 0.400. The number of pyridine rings is 1. The highest BCUT2D eigenvalue weighted by Gasteiger charge is 2.17. The van der Waals surface area contributed by atoms with Crippen LogP contribution in [-0.2, 0) is 19.5 Å². The van der Waals surface area contributed by atoms with Gasteiger partial charge in [-0.3, -0.25) is 14.1 Å². The summed E-state index contributed by atoms with van der Waals surface area (Å²) in [5, 5.41) is 14.1. The Morgan fingerprint density at radius 2 is 1.82 bits per heavy atom. The van der Waals surface area contributed by atoms with E-state index in [0.717, 1.165) is 48.2 Å². The summed E-state index contributed by atoms with van der Waals surface area (Å²) >= 11 is 0. The Bertz CT molecular complexity index is 1240. The van der Waals surface area contributed by atoms with Gasteiger partial charge in [-0.1, -0.05) is 57.0 Å². The van der Waals surface area contributed by atoms with E-state index in [1.54, 1.807) is 6.20 Å². The van der Waals surface area contributed by atoms with Crippen molar-refractivity contribution < 1.29 is 0 Å². The molecule has 0 atom stereocenters. The number of tetrazole rings is 1. The lowest BCUT2D eigenvalue weighted by molar-refractivity contribution is 0.610. The predicted octanol–water partition coefficient (Wildman–Crippen LogP) is 4.39. The molecule has 8 nitrogen and oxygen atoms in total. The summed E-state index contributed by atoms with van der Waals surface area (Å²) in [7, 11) is 0. The van der Waals surface area contributed by atoms with E-state index in [4.69, 9.17) is 0 Å². The number of imidazole rings is 1. The Kier molecular flexibility index (Phi) is 7.12. The molecule has 1 N–H and O–H groups in total. The van der Waals surface area contributed by atoms with Gasteiger partial charge in [0.2, 0.25) is 0 Å².